The third kappa shape index (κ3) is 6.34. The maximum atomic E-state index is 13.4. The summed E-state index contributed by atoms with van der Waals surface area (Å²) in [5, 5.41) is 1.68. The lowest BCUT2D eigenvalue weighted by Gasteiger charge is -2.17. The van der Waals surface area contributed by atoms with E-state index in [1.807, 2.05) is 62.4 Å². The summed E-state index contributed by atoms with van der Waals surface area (Å²) in [6.45, 7) is 4.20. The van der Waals surface area contributed by atoms with E-state index in [-0.39, 0.29) is 24.6 Å². The smallest absolute Gasteiger partial charge is 0.326 e. The van der Waals surface area contributed by atoms with Crippen LogP contribution in [0.5, 0.6) is 0 Å². The molecule has 1 atom stereocenters. The minimum Gasteiger partial charge on any atom is -0.326 e. The zero-order chi connectivity index (χ0) is 26.7. The van der Waals surface area contributed by atoms with E-state index in [0.717, 1.165) is 34.5 Å². The van der Waals surface area contributed by atoms with Crippen LogP contribution >= 0.6 is 23.4 Å². The second-order valence-electron chi connectivity index (χ2n) is 8.57. The van der Waals surface area contributed by atoms with Crippen LogP contribution in [0.4, 0.5) is 24.5 Å². The van der Waals surface area contributed by atoms with Crippen molar-refractivity contribution in [3.63, 3.8) is 0 Å². The van der Waals surface area contributed by atoms with Crippen molar-refractivity contribution in [1.29, 1.82) is 0 Å². The van der Waals surface area contributed by atoms with Gasteiger partial charge < -0.3 is 5.32 Å². The monoisotopic (exact) mass is 545 g/mol. The Labute approximate surface area is 221 Å². The molecule has 3 aromatic rings. The molecule has 0 saturated carbocycles. The fourth-order valence-corrected chi connectivity index (χ4v) is 5.17. The molecule has 4 rings (SSSR count). The molecule has 37 heavy (non-hydrogen) atoms. The van der Waals surface area contributed by atoms with Crippen molar-refractivity contribution >= 4 is 51.7 Å². The standard InChI is InChI=1S/C27H23ClF3N3O2S/c1-16-7-6-10-22(17(16)2)33-26-34(15-18-8-4-3-5-9-18)25(36)23(37-26)14-24(35)32-19-11-12-21(28)20(13-19)27(29,30)31/h3-13,23H,14-15H2,1-2H3,(H,32,35)/t23-/m0/s1. The third-order valence-electron chi connectivity index (χ3n) is 5.92. The summed E-state index contributed by atoms with van der Waals surface area (Å²) in [5.41, 5.74) is 2.56. The molecule has 0 spiro atoms. The maximum absolute atomic E-state index is 13.4. The van der Waals surface area contributed by atoms with Crippen molar-refractivity contribution in [3.8, 4) is 0 Å². The molecule has 1 heterocycles. The molecule has 1 aliphatic heterocycles. The van der Waals surface area contributed by atoms with Crippen molar-refractivity contribution in [2.45, 2.75) is 38.2 Å². The summed E-state index contributed by atoms with van der Waals surface area (Å²) < 4.78 is 39.5. The highest BCUT2D eigenvalue weighted by atomic mass is 35.5. The minimum atomic E-state index is -4.66. The number of thioether (sulfide) groups is 1. The summed E-state index contributed by atoms with van der Waals surface area (Å²) in [6.07, 6.45) is -4.89. The van der Waals surface area contributed by atoms with Gasteiger partial charge in [0.2, 0.25) is 11.8 Å². The lowest BCUT2D eigenvalue weighted by Crippen LogP contribution is -2.33. The molecule has 1 N–H and O–H groups in total. The largest absolute Gasteiger partial charge is 0.417 e. The Morgan fingerprint density at radius 1 is 1.08 bits per heavy atom. The van der Waals surface area contributed by atoms with Crippen molar-refractivity contribution in [2.24, 2.45) is 4.99 Å². The van der Waals surface area contributed by atoms with Crippen LogP contribution in [-0.2, 0) is 22.3 Å². The van der Waals surface area contributed by atoms with Gasteiger partial charge in [0, 0.05) is 12.1 Å². The second-order valence-corrected chi connectivity index (χ2v) is 10.2. The summed E-state index contributed by atoms with van der Waals surface area (Å²) >= 11 is 6.83. The van der Waals surface area contributed by atoms with E-state index in [9.17, 15) is 22.8 Å². The number of halogens is 4. The molecule has 0 aliphatic carbocycles. The molecule has 1 fully saturated rings. The number of carbonyl (C=O) groups excluding carboxylic acids is 2. The van der Waals surface area contributed by atoms with E-state index < -0.39 is 27.9 Å². The Balaban J connectivity index is 1.56. The molecular weight excluding hydrogens is 523 g/mol. The Morgan fingerprint density at radius 2 is 1.81 bits per heavy atom. The number of anilines is 1. The quantitative estimate of drug-likeness (QED) is 0.358. The first-order chi connectivity index (χ1) is 17.5. The number of amidine groups is 1. The lowest BCUT2D eigenvalue weighted by atomic mass is 10.1. The van der Waals surface area contributed by atoms with Gasteiger partial charge in [0.25, 0.3) is 0 Å². The third-order valence-corrected chi connectivity index (χ3v) is 7.43. The second kappa shape index (κ2) is 11.0. The number of rotatable bonds is 6. The number of hydrogen-bond donors (Lipinski definition) is 1. The fourth-order valence-electron chi connectivity index (χ4n) is 3.80. The normalized spacial score (nSPS) is 16.9. The van der Waals surface area contributed by atoms with Crippen LogP contribution in [0, 0.1) is 13.8 Å². The van der Waals surface area contributed by atoms with Gasteiger partial charge in [-0.2, -0.15) is 13.2 Å². The van der Waals surface area contributed by atoms with Crippen molar-refractivity contribution in [3.05, 3.63) is 94.0 Å². The van der Waals surface area contributed by atoms with E-state index in [1.54, 1.807) is 4.90 Å². The van der Waals surface area contributed by atoms with Crippen LogP contribution in [0.3, 0.4) is 0 Å². The van der Waals surface area contributed by atoms with Gasteiger partial charge in [0.1, 0.15) is 5.25 Å². The van der Waals surface area contributed by atoms with Crippen molar-refractivity contribution in [2.75, 3.05) is 5.32 Å². The molecule has 5 nitrogen and oxygen atoms in total. The first-order valence-corrected chi connectivity index (χ1v) is 12.6. The van der Waals surface area contributed by atoms with E-state index in [4.69, 9.17) is 16.6 Å². The zero-order valence-corrected chi connectivity index (χ0v) is 21.5. The van der Waals surface area contributed by atoms with E-state index in [1.165, 1.54) is 17.8 Å². The van der Waals surface area contributed by atoms with E-state index in [0.29, 0.717) is 5.17 Å². The Morgan fingerprint density at radius 3 is 2.51 bits per heavy atom. The van der Waals surface area contributed by atoms with Crippen molar-refractivity contribution in [1.82, 2.24) is 4.90 Å². The van der Waals surface area contributed by atoms with Gasteiger partial charge in [0.15, 0.2) is 5.17 Å². The molecule has 10 heteroatoms. The van der Waals surface area contributed by atoms with Crippen LogP contribution in [0.1, 0.15) is 28.7 Å². The fraction of sp³-hybridized carbons (Fsp3) is 0.222. The summed E-state index contributed by atoms with van der Waals surface area (Å²) in [5.74, 6) is -0.880. The molecule has 0 radical (unpaired) electrons. The Hall–Kier alpha value is -3.30. The molecule has 3 aromatic carbocycles. The minimum absolute atomic E-state index is 0.0532. The molecule has 0 aromatic heterocycles. The topological polar surface area (TPSA) is 61.8 Å². The van der Waals surface area contributed by atoms with E-state index in [2.05, 4.69) is 5.32 Å². The average Bonchev–Trinajstić information content (AvgIpc) is 3.12. The van der Waals surface area contributed by atoms with Crippen LogP contribution in [0.15, 0.2) is 71.7 Å². The summed E-state index contributed by atoms with van der Waals surface area (Å²) in [7, 11) is 0. The molecule has 2 amide bonds. The average molecular weight is 546 g/mol. The first kappa shape index (κ1) is 26.8. The molecule has 1 saturated heterocycles. The number of nitrogens with one attached hydrogen (secondary N) is 1. The first-order valence-electron chi connectivity index (χ1n) is 11.4. The Bertz CT molecular complexity index is 1360. The highest BCUT2D eigenvalue weighted by Gasteiger charge is 2.39. The molecule has 1 aliphatic rings. The van der Waals surface area contributed by atoms with Gasteiger partial charge >= 0.3 is 6.18 Å². The predicted octanol–water partition coefficient (Wildman–Crippen LogP) is 7.14. The summed E-state index contributed by atoms with van der Waals surface area (Å²) in [6, 6.07) is 18.3. The number of benzene rings is 3. The highest BCUT2D eigenvalue weighted by molar-refractivity contribution is 8.15. The van der Waals surface area contributed by atoms with Gasteiger partial charge in [-0.3, -0.25) is 14.5 Å². The number of aryl methyl sites for hydroxylation is 1. The number of hydrogen-bond acceptors (Lipinski definition) is 4. The van der Waals surface area contributed by atoms with E-state index >= 15 is 0 Å². The maximum Gasteiger partial charge on any atom is 0.417 e. The van der Waals surface area contributed by atoms with Gasteiger partial charge in [-0.25, -0.2) is 4.99 Å². The molecule has 0 unspecified atom stereocenters. The molecule has 192 valence electrons. The number of amides is 2. The summed E-state index contributed by atoms with van der Waals surface area (Å²) in [4.78, 5) is 32.4. The molecule has 0 bridgehead atoms. The van der Waals surface area contributed by atoms with Crippen LogP contribution in [-0.4, -0.2) is 27.1 Å². The van der Waals surface area contributed by atoms with Gasteiger partial charge in [0.05, 0.1) is 22.8 Å². The van der Waals surface area contributed by atoms with Crippen LogP contribution < -0.4 is 5.32 Å². The predicted molar refractivity (Wildman–Crippen MR) is 141 cm³/mol. The number of alkyl halides is 3. The molecular formula is C27H23ClF3N3O2S. The van der Waals surface area contributed by atoms with Crippen LogP contribution in [0.25, 0.3) is 0 Å². The SMILES string of the molecule is Cc1cccc(N=C2S[C@@H](CC(=O)Nc3ccc(Cl)c(C(F)(F)F)c3)C(=O)N2Cc2ccccc2)c1C. The number of carbonyl (C=O) groups is 2. The van der Waals surface area contributed by atoms with Gasteiger partial charge in [-0.05, 0) is 54.8 Å². The van der Waals surface area contributed by atoms with Gasteiger partial charge in [-0.1, -0.05) is 65.8 Å². The van der Waals surface area contributed by atoms with Gasteiger partial charge in [-0.15, -0.1) is 0 Å². The number of aliphatic imine (C=N–C) groups is 1. The highest BCUT2D eigenvalue weighted by Crippen LogP contribution is 2.37. The zero-order valence-electron chi connectivity index (χ0n) is 20.0. The van der Waals surface area contributed by atoms with Crippen LogP contribution in [0.2, 0.25) is 5.02 Å². The lowest BCUT2D eigenvalue weighted by molar-refractivity contribution is -0.137. The van der Waals surface area contributed by atoms with Crippen molar-refractivity contribution < 1.29 is 22.8 Å². The number of nitrogens with zero attached hydrogens (tertiary/aromatic N) is 2. The Kier molecular flexibility index (Phi) is 7.94.